The zero-order valence-corrected chi connectivity index (χ0v) is 13.3. The molecule has 0 bridgehead atoms. The van der Waals surface area contributed by atoms with Crippen molar-refractivity contribution in [3.63, 3.8) is 0 Å². The highest BCUT2D eigenvalue weighted by atomic mass is 35.5. The topological polar surface area (TPSA) is 62.0 Å². The number of carbonyl (C=O) groups is 1. The maximum Gasteiger partial charge on any atom is 0.253 e. The normalized spacial score (nSPS) is 11.0. The maximum absolute atomic E-state index is 11.8. The molecule has 4 nitrogen and oxygen atoms in total. The molecule has 2 N–H and O–H groups in total. The SMILES string of the molecule is Cc1cc(C)c(CNC(=O)/C=C/c2ccc(Cl)s2)c(=O)[nH]1. The van der Waals surface area contributed by atoms with E-state index in [1.54, 1.807) is 12.1 Å². The molecule has 0 spiro atoms. The van der Waals surface area contributed by atoms with E-state index in [2.05, 4.69) is 10.3 Å². The molecule has 110 valence electrons. The van der Waals surface area contributed by atoms with Crippen LogP contribution in [-0.4, -0.2) is 10.9 Å². The maximum atomic E-state index is 11.8. The monoisotopic (exact) mass is 322 g/mol. The lowest BCUT2D eigenvalue weighted by atomic mass is 10.1. The highest BCUT2D eigenvalue weighted by molar-refractivity contribution is 7.17. The van der Waals surface area contributed by atoms with Crippen LogP contribution < -0.4 is 10.9 Å². The quantitative estimate of drug-likeness (QED) is 0.850. The average Bonchev–Trinajstić information content (AvgIpc) is 2.81. The van der Waals surface area contributed by atoms with Gasteiger partial charge in [0.2, 0.25) is 5.91 Å². The molecule has 2 aromatic heterocycles. The zero-order chi connectivity index (χ0) is 15.4. The van der Waals surface area contributed by atoms with Gasteiger partial charge in [0.05, 0.1) is 4.34 Å². The van der Waals surface area contributed by atoms with E-state index in [0.29, 0.717) is 9.90 Å². The van der Waals surface area contributed by atoms with Gasteiger partial charge in [0.1, 0.15) is 0 Å². The first-order chi connectivity index (χ1) is 9.95. The van der Waals surface area contributed by atoms with Crippen LogP contribution in [-0.2, 0) is 11.3 Å². The third-order valence-electron chi connectivity index (χ3n) is 2.93. The minimum atomic E-state index is -0.251. The number of pyridine rings is 1. The fourth-order valence-corrected chi connectivity index (χ4v) is 2.88. The summed E-state index contributed by atoms with van der Waals surface area (Å²) in [5.41, 5.74) is 2.08. The van der Waals surface area contributed by atoms with Crippen LogP contribution in [0, 0.1) is 13.8 Å². The molecule has 0 aliphatic carbocycles. The third-order valence-corrected chi connectivity index (χ3v) is 4.12. The molecule has 21 heavy (non-hydrogen) atoms. The third kappa shape index (κ3) is 4.31. The number of amides is 1. The number of hydrogen-bond acceptors (Lipinski definition) is 3. The van der Waals surface area contributed by atoms with Crippen molar-refractivity contribution < 1.29 is 4.79 Å². The van der Waals surface area contributed by atoms with Gasteiger partial charge in [-0.2, -0.15) is 0 Å². The summed E-state index contributed by atoms with van der Waals surface area (Å²) >= 11 is 7.20. The Hall–Kier alpha value is -1.85. The molecule has 2 rings (SSSR count). The molecule has 0 aliphatic heterocycles. The average molecular weight is 323 g/mol. The van der Waals surface area contributed by atoms with Crippen LogP contribution in [0.4, 0.5) is 0 Å². The lowest BCUT2D eigenvalue weighted by molar-refractivity contribution is -0.116. The van der Waals surface area contributed by atoms with Gasteiger partial charge in [0.15, 0.2) is 0 Å². The molecule has 0 radical (unpaired) electrons. The van der Waals surface area contributed by atoms with E-state index in [4.69, 9.17) is 11.6 Å². The van der Waals surface area contributed by atoms with Crippen LogP contribution in [0.15, 0.2) is 29.1 Å². The largest absolute Gasteiger partial charge is 0.348 e. The second-order valence-electron chi connectivity index (χ2n) is 4.64. The van der Waals surface area contributed by atoms with Gasteiger partial charge in [-0.1, -0.05) is 11.6 Å². The highest BCUT2D eigenvalue weighted by Crippen LogP contribution is 2.22. The van der Waals surface area contributed by atoms with Gasteiger partial charge in [-0.25, -0.2) is 0 Å². The molecule has 0 saturated carbocycles. The van der Waals surface area contributed by atoms with E-state index >= 15 is 0 Å². The Morgan fingerprint density at radius 1 is 1.43 bits per heavy atom. The molecule has 2 heterocycles. The Kier molecular flexibility index (Phi) is 4.98. The molecular formula is C15H15ClN2O2S. The smallest absolute Gasteiger partial charge is 0.253 e. The summed E-state index contributed by atoms with van der Waals surface area (Å²) in [4.78, 5) is 27.2. The number of nitrogens with one attached hydrogen (secondary N) is 2. The number of aromatic amines is 1. The lowest BCUT2D eigenvalue weighted by Crippen LogP contribution is -2.26. The summed E-state index contributed by atoms with van der Waals surface area (Å²) in [5.74, 6) is -0.251. The Labute approximate surface area is 131 Å². The van der Waals surface area contributed by atoms with Crippen molar-refractivity contribution in [3.05, 3.63) is 60.7 Å². The summed E-state index contributed by atoms with van der Waals surface area (Å²) < 4.78 is 0.678. The molecule has 2 aromatic rings. The summed E-state index contributed by atoms with van der Waals surface area (Å²) in [6, 6.07) is 5.50. The summed E-state index contributed by atoms with van der Waals surface area (Å²) in [6.45, 7) is 3.88. The summed E-state index contributed by atoms with van der Waals surface area (Å²) in [6.07, 6.45) is 3.12. The second kappa shape index (κ2) is 6.74. The Morgan fingerprint density at radius 2 is 2.19 bits per heavy atom. The molecule has 0 unspecified atom stereocenters. The van der Waals surface area contributed by atoms with Crippen LogP contribution in [0.5, 0.6) is 0 Å². The number of aromatic nitrogens is 1. The number of thiophene rings is 1. The fraction of sp³-hybridized carbons (Fsp3) is 0.200. The van der Waals surface area contributed by atoms with Crippen molar-refractivity contribution in [1.82, 2.24) is 10.3 Å². The van der Waals surface area contributed by atoms with Crippen molar-refractivity contribution in [2.24, 2.45) is 0 Å². The lowest BCUT2D eigenvalue weighted by Gasteiger charge is -2.06. The van der Waals surface area contributed by atoms with Crippen molar-refractivity contribution in [2.75, 3.05) is 0 Å². The van der Waals surface area contributed by atoms with Gasteiger partial charge >= 0.3 is 0 Å². The van der Waals surface area contributed by atoms with Crippen LogP contribution in [0.25, 0.3) is 6.08 Å². The van der Waals surface area contributed by atoms with E-state index in [9.17, 15) is 9.59 Å². The van der Waals surface area contributed by atoms with Crippen molar-refractivity contribution in [3.8, 4) is 0 Å². The predicted molar refractivity (Wildman–Crippen MR) is 86.7 cm³/mol. The van der Waals surface area contributed by atoms with Crippen molar-refractivity contribution >= 4 is 34.9 Å². The summed E-state index contributed by atoms with van der Waals surface area (Å²) in [5, 5.41) is 2.70. The van der Waals surface area contributed by atoms with Crippen molar-refractivity contribution in [2.45, 2.75) is 20.4 Å². The van der Waals surface area contributed by atoms with Gasteiger partial charge in [0, 0.05) is 28.8 Å². The van der Waals surface area contributed by atoms with E-state index in [1.165, 1.54) is 17.4 Å². The van der Waals surface area contributed by atoms with Gasteiger partial charge in [-0.15, -0.1) is 11.3 Å². The predicted octanol–water partition coefficient (Wildman–Crippen LogP) is 3.04. The molecule has 0 atom stereocenters. The van der Waals surface area contributed by atoms with Crippen LogP contribution in [0.3, 0.4) is 0 Å². The summed E-state index contributed by atoms with van der Waals surface area (Å²) in [7, 11) is 0. The number of aryl methyl sites for hydroxylation is 2. The number of rotatable bonds is 4. The number of H-pyrrole nitrogens is 1. The van der Waals surface area contributed by atoms with Gasteiger partial charge in [0.25, 0.3) is 5.56 Å². The fourth-order valence-electron chi connectivity index (χ4n) is 1.91. The minimum Gasteiger partial charge on any atom is -0.348 e. The van der Waals surface area contributed by atoms with E-state index in [-0.39, 0.29) is 18.0 Å². The van der Waals surface area contributed by atoms with Gasteiger partial charge in [-0.05, 0) is 43.7 Å². The molecular weight excluding hydrogens is 308 g/mol. The van der Waals surface area contributed by atoms with Crippen LogP contribution >= 0.6 is 22.9 Å². The Bertz CT molecular complexity index is 746. The standard InChI is InChI=1S/C15H15ClN2O2S/c1-9-7-10(2)18-15(20)12(9)8-17-14(19)6-4-11-3-5-13(16)21-11/h3-7H,8H2,1-2H3,(H,17,19)(H,18,20)/b6-4+. The molecule has 1 amide bonds. The second-order valence-corrected chi connectivity index (χ2v) is 6.38. The van der Waals surface area contributed by atoms with Crippen LogP contribution in [0.2, 0.25) is 4.34 Å². The first-order valence-electron chi connectivity index (χ1n) is 6.36. The van der Waals surface area contributed by atoms with Gasteiger partial charge in [-0.3, -0.25) is 9.59 Å². The number of carbonyl (C=O) groups excluding carboxylic acids is 1. The van der Waals surface area contributed by atoms with E-state index in [1.807, 2.05) is 26.0 Å². The molecule has 0 aliphatic rings. The van der Waals surface area contributed by atoms with E-state index in [0.717, 1.165) is 16.1 Å². The molecule has 0 saturated heterocycles. The number of halogens is 1. The van der Waals surface area contributed by atoms with Gasteiger partial charge < -0.3 is 10.3 Å². The first kappa shape index (κ1) is 15.5. The molecule has 0 aromatic carbocycles. The van der Waals surface area contributed by atoms with Crippen LogP contribution in [0.1, 0.15) is 21.7 Å². The van der Waals surface area contributed by atoms with E-state index < -0.39 is 0 Å². The Balaban J connectivity index is 1.99. The number of hydrogen-bond donors (Lipinski definition) is 2. The Morgan fingerprint density at radius 3 is 2.81 bits per heavy atom. The minimum absolute atomic E-state index is 0.165. The van der Waals surface area contributed by atoms with Crippen molar-refractivity contribution in [1.29, 1.82) is 0 Å². The molecule has 0 fully saturated rings. The molecule has 6 heteroatoms. The highest BCUT2D eigenvalue weighted by Gasteiger charge is 2.06. The first-order valence-corrected chi connectivity index (χ1v) is 7.56. The zero-order valence-electron chi connectivity index (χ0n) is 11.7.